The van der Waals surface area contributed by atoms with E-state index in [1.54, 1.807) is 0 Å². The summed E-state index contributed by atoms with van der Waals surface area (Å²) in [6, 6.07) is -0.0272. The lowest BCUT2D eigenvalue weighted by Gasteiger charge is -2.21. The Kier molecular flexibility index (Phi) is 2.07. The minimum Gasteiger partial charge on any atom is -0.328 e. The SMILES string of the molecule is NCC1CCC(=O)N1C(=O)C1CC1. The number of nitrogens with zero attached hydrogens (tertiary/aromatic N) is 1. The molecular weight excluding hydrogens is 168 g/mol. The highest BCUT2D eigenvalue weighted by Gasteiger charge is 2.41. The molecule has 1 aliphatic heterocycles. The molecule has 1 atom stereocenters. The van der Waals surface area contributed by atoms with Gasteiger partial charge in [0.1, 0.15) is 0 Å². The third-order valence-electron chi connectivity index (χ3n) is 2.76. The zero-order valence-electron chi connectivity index (χ0n) is 7.53. The molecule has 4 nitrogen and oxygen atoms in total. The number of hydrogen-bond acceptors (Lipinski definition) is 3. The van der Waals surface area contributed by atoms with Gasteiger partial charge in [-0.15, -0.1) is 0 Å². The lowest BCUT2D eigenvalue weighted by Crippen LogP contribution is -2.43. The van der Waals surface area contributed by atoms with Gasteiger partial charge in [-0.3, -0.25) is 14.5 Å². The van der Waals surface area contributed by atoms with Crippen LogP contribution < -0.4 is 5.73 Å². The van der Waals surface area contributed by atoms with Gasteiger partial charge < -0.3 is 5.73 Å². The molecule has 13 heavy (non-hydrogen) atoms. The van der Waals surface area contributed by atoms with Crippen LogP contribution in [0.2, 0.25) is 0 Å². The molecule has 2 rings (SSSR count). The molecule has 2 N–H and O–H groups in total. The molecule has 2 fully saturated rings. The molecule has 1 unspecified atom stereocenters. The predicted molar refractivity (Wildman–Crippen MR) is 46.7 cm³/mol. The summed E-state index contributed by atoms with van der Waals surface area (Å²) in [5.41, 5.74) is 5.50. The van der Waals surface area contributed by atoms with E-state index in [9.17, 15) is 9.59 Å². The van der Waals surface area contributed by atoms with E-state index in [0.29, 0.717) is 13.0 Å². The minimum atomic E-state index is -0.0349. The number of carbonyl (C=O) groups excluding carboxylic acids is 2. The summed E-state index contributed by atoms with van der Waals surface area (Å²) in [6.07, 6.45) is 3.12. The van der Waals surface area contributed by atoms with Crippen LogP contribution in [0.3, 0.4) is 0 Å². The largest absolute Gasteiger partial charge is 0.328 e. The quantitative estimate of drug-likeness (QED) is 0.605. The zero-order chi connectivity index (χ0) is 9.42. The van der Waals surface area contributed by atoms with Crippen LogP contribution in [0.5, 0.6) is 0 Å². The van der Waals surface area contributed by atoms with Crippen LogP contribution in [0.4, 0.5) is 0 Å². The van der Waals surface area contributed by atoms with Gasteiger partial charge >= 0.3 is 0 Å². The number of likely N-dealkylation sites (tertiary alicyclic amines) is 1. The molecule has 0 aromatic carbocycles. The van der Waals surface area contributed by atoms with Crippen molar-refractivity contribution in [3.8, 4) is 0 Å². The van der Waals surface area contributed by atoms with E-state index in [2.05, 4.69) is 0 Å². The zero-order valence-corrected chi connectivity index (χ0v) is 7.53. The molecule has 2 amide bonds. The van der Waals surface area contributed by atoms with Crippen molar-refractivity contribution in [3.63, 3.8) is 0 Å². The van der Waals surface area contributed by atoms with E-state index in [1.165, 1.54) is 4.90 Å². The summed E-state index contributed by atoms with van der Waals surface area (Å²) >= 11 is 0. The average Bonchev–Trinajstić information content (AvgIpc) is 2.89. The molecule has 72 valence electrons. The number of nitrogens with two attached hydrogens (primary N) is 1. The summed E-state index contributed by atoms with van der Waals surface area (Å²) < 4.78 is 0. The van der Waals surface area contributed by atoms with Crippen LogP contribution in [0, 0.1) is 5.92 Å². The van der Waals surface area contributed by atoms with E-state index in [1.807, 2.05) is 0 Å². The Hall–Kier alpha value is -0.900. The van der Waals surface area contributed by atoms with Gasteiger partial charge in [-0.2, -0.15) is 0 Å². The molecule has 0 aromatic heterocycles. The van der Waals surface area contributed by atoms with Crippen LogP contribution in [-0.2, 0) is 9.59 Å². The number of hydrogen-bond donors (Lipinski definition) is 1. The number of imide groups is 1. The van der Waals surface area contributed by atoms with Gasteiger partial charge in [0, 0.05) is 18.9 Å². The van der Waals surface area contributed by atoms with Crippen molar-refractivity contribution in [2.45, 2.75) is 31.7 Å². The smallest absolute Gasteiger partial charge is 0.232 e. The molecule has 1 saturated carbocycles. The van der Waals surface area contributed by atoms with Crippen LogP contribution in [-0.4, -0.2) is 29.3 Å². The minimum absolute atomic E-state index is 0.0120. The van der Waals surface area contributed by atoms with Crippen molar-refractivity contribution in [3.05, 3.63) is 0 Å². The summed E-state index contributed by atoms with van der Waals surface area (Å²) in [6.45, 7) is 0.407. The van der Waals surface area contributed by atoms with Gasteiger partial charge in [-0.05, 0) is 19.3 Å². The third kappa shape index (κ3) is 1.46. The van der Waals surface area contributed by atoms with Crippen molar-refractivity contribution >= 4 is 11.8 Å². The highest BCUT2D eigenvalue weighted by molar-refractivity contribution is 5.99. The maximum atomic E-state index is 11.6. The Morgan fingerprint density at radius 3 is 2.69 bits per heavy atom. The molecule has 0 aromatic rings. The van der Waals surface area contributed by atoms with Crippen LogP contribution in [0.25, 0.3) is 0 Å². The van der Waals surface area contributed by atoms with Gasteiger partial charge in [0.05, 0.1) is 6.04 Å². The predicted octanol–water partition coefficient (Wildman–Crippen LogP) is -0.127. The van der Waals surface area contributed by atoms with Crippen molar-refractivity contribution in [2.24, 2.45) is 11.7 Å². The lowest BCUT2D eigenvalue weighted by molar-refractivity contribution is -0.144. The molecular formula is C9H14N2O2. The second kappa shape index (κ2) is 3.10. The molecule has 1 heterocycles. The fraction of sp³-hybridized carbons (Fsp3) is 0.778. The summed E-state index contributed by atoms with van der Waals surface area (Å²) in [4.78, 5) is 24.4. The summed E-state index contributed by atoms with van der Waals surface area (Å²) in [7, 11) is 0. The highest BCUT2D eigenvalue weighted by atomic mass is 16.2. The Balaban J connectivity index is 2.08. The third-order valence-corrected chi connectivity index (χ3v) is 2.76. The van der Waals surface area contributed by atoms with Crippen LogP contribution in [0.1, 0.15) is 25.7 Å². The molecule has 1 saturated heterocycles. The van der Waals surface area contributed by atoms with Crippen molar-refractivity contribution in [1.82, 2.24) is 4.90 Å². The van der Waals surface area contributed by atoms with Gasteiger partial charge in [0.2, 0.25) is 11.8 Å². The van der Waals surface area contributed by atoms with Crippen molar-refractivity contribution in [1.29, 1.82) is 0 Å². The van der Waals surface area contributed by atoms with Gasteiger partial charge in [-0.25, -0.2) is 0 Å². The van der Waals surface area contributed by atoms with E-state index < -0.39 is 0 Å². The first-order chi connectivity index (χ1) is 6.24. The molecule has 2 aliphatic rings. The molecule has 1 aliphatic carbocycles. The van der Waals surface area contributed by atoms with E-state index >= 15 is 0 Å². The van der Waals surface area contributed by atoms with E-state index in [4.69, 9.17) is 5.73 Å². The standard InChI is InChI=1S/C9H14N2O2/c10-5-7-3-4-8(12)11(7)9(13)6-1-2-6/h6-7H,1-5,10H2. The maximum absolute atomic E-state index is 11.6. The Bertz CT molecular complexity index is 248. The Morgan fingerprint density at radius 1 is 1.46 bits per heavy atom. The number of amides is 2. The first-order valence-electron chi connectivity index (χ1n) is 4.80. The second-order valence-electron chi connectivity index (χ2n) is 3.80. The Morgan fingerprint density at radius 2 is 2.15 bits per heavy atom. The number of carbonyl (C=O) groups is 2. The summed E-state index contributed by atoms with van der Waals surface area (Å²) in [5.74, 6) is 0.0985. The maximum Gasteiger partial charge on any atom is 0.232 e. The first-order valence-corrected chi connectivity index (χ1v) is 4.80. The Labute approximate surface area is 77.1 Å². The normalized spacial score (nSPS) is 28.2. The average molecular weight is 182 g/mol. The second-order valence-corrected chi connectivity index (χ2v) is 3.80. The fourth-order valence-corrected chi connectivity index (χ4v) is 1.80. The molecule has 0 spiro atoms. The first kappa shape index (κ1) is 8.69. The van der Waals surface area contributed by atoms with E-state index in [-0.39, 0.29) is 23.8 Å². The lowest BCUT2D eigenvalue weighted by atomic mass is 10.2. The van der Waals surface area contributed by atoms with Crippen molar-refractivity contribution < 1.29 is 9.59 Å². The molecule has 4 heteroatoms. The van der Waals surface area contributed by atoms with Crippen molar-refractivity contribution in [2.75, 3.05) is 6.54 Å². The van der Waals surface area contributed by atoms with Crippen LogP contribution in [0.15, 0.2) is 0 Å². The number of rotatable bonds is 2. The van der Waals surface area contributed by atoms with Gasteiger partial charge in [-0.1, -0.05) is 0 Å². The summed E-state index contributed by atoms with van der Waals surface area (Å²) in [5, 5.41) is 0. The van der Waals surface area contributed by atoms with Gasteiger partial charge in [0.25, 0.3) is 0 Å². The van der Waals surface area contributed by atoms with Gasteiger partial charge in [0.15, 0.2) is 0 Å². The van der Waals surface area contributed by atoms with E-state index in [0.717, 1.165) is 19.3 Å². The topological polar surface area (TPSA) is 63.4 Å². The highest BCUT2D eigenvalue weighted by Crippen LogP contribution is 2.33. The van der Waals surface area contributed by atoms with Crippen LogP contribution >= 0.6 is 0 Å². The molecule has 0 radical (unpaired) electrons. The molecule has 0 bridgehead atoms. The monoisotopic (exact) mass is 182 g/mol. The fourth-order valence-electron chi connectivity index (χ4n) is 1.80.